The number of carbonyl (C=O) groups is 1. The van der Waals surface area contributed by atoms with Gasteiger partial charge >= 0.3 is 5.97 Å². The number of piperidine rings is 1. The minimum absolute atomic E-state index is 0.141. The summed E-state index contributed by atoms with van der Waals surface area (Å²) in [6.45, 7) is 4.97. The molecule has 2 rings (SSSR count). The van der Waals surface area contributed by atoms with E-state index in [4.69, 9.17) is 9.84 Å². The molecule has 20 heavy (non-hydrogen) atoms. The number of carboxylic acid groups (broad SMARTS) is 1. The molecule has 3 atom stereocenters. The van der Waals surface area contributed by atoms with Crippen LogP contribution in [-0.2, 0) is 9.53 Å². The molecule has 2 N–H and O–H groups in total. The standard InChI is InChI=1S/C15H27NO4/c1-10(2)20-9-14(17)8-16-12-3-4-13(16)6-11(5-12)7-15(18)19/h10-14,17H,3-9H2,1-2H3,(H,18,19). The average molecular weight is 285 g/mol. The van der Waals surface area contributed by atoms with Crippen LogP contribution in [0.3, 0.4) is 0 Å². The van der Waals surface area contributed by atoms with Crippen molar-refractivity contribution in [3.05, 3.63) is 0 Å². The number of rotatable bonds is 7. The number of fused-ring (bicyclic) bond motifs is 2. The predicted molar refractivity (Wildman–Crippen MR) is 75.6 cm³/mol. The summed E-state index contributed by atoms with van der Waals surface area (Å²) in [5, 5.41) is 19.0. The minimum atomic E-state index is -0.687. The van der Waals surface area contributed by atoms with Gasteiger partial charge in [-0.3, -0.25) is 9.69 Å². The second-order valence-corrected chi connectivity index (χ2v) is 6.55. The average Bonchev–Trinajstić information content (AvgIpc) is 2.59. The summed E-state index contributed by atoms with van der Waals surface area (Å²) in [6, 6.07) is 0.901. The number of hydrogen-bond donors (Lipinski definition) is 2. The molecule has 2 saturated heterocycles. The Balaban J connectivity index is 1.81. The Morgan fingerprint density at radius 1 is 1.30 bits per heavy atom. The lowest BCUT2D eigenvalue weighted by Crippen LogP contribution is -2.47. The molecule has 5 heteroatoms. The molecular formula is C15H27NO4. The van der Waals surface area contributed by atoms with E-state index < -0.39 is 12.1 Å². The molecule has 2 fully saturated rings. The normalized spacial score (nSPS) is 31.7. The fourth-order valence-corrected chi connectivity index (χ4v) is 3.70. The lowest BCUT2D eigenvalue weighted by Gasteiger charge is -2.39. The van der Waals surface area contributed by atoms with Gasteiger partial charge in [0.2, 0.25) is 0 Å². The molecule has 0 amide bonds. The Hall–Kier alpha value is -0.650. The Morgan fingerprint density at radius 2 is 1.90 bits per heavy atom. The molecule has 0 aromatic rings. The summed E-state index contributed by atoms with van der Waals surface area (Å²) in [4.78, 5) is 13.2. The molecule has 3 unspecified atom stereocenters. The van der Waals surface area contributed by atoms with Crippen molar-refractivity contribution in [2.75, 3.05) is 13.2 Å². The van der Waals surface area contributed by atoms with Crippen LogP contribution >= 0.6 is 0 Å². The highest BCUT2D eigenvalue weighted by atomic mass is 16.5. The van der Waals surface area contributed by atoms with Gasteiger partial charge in [-0.15, -0.1) is 0 Å². The van der Waals surface area contributed by atoms with Crippen molar-refractivity contribution in [2.45, 2.75) is 70.2 Å². The van der Waals surface area contributed by atoms with E-state index in [2.05, 4.69) is 4.90 Å². The van der Waals surface area contributed by atoms with Crippen LogP contribution in [0.25, 0.3) is 0 Å². The number of aliphatic hydroxyl groups excluding tert-OH is 1. The molecular weight excluding hydrogens is 258 g/mol. The van der Waals surface area contributed by atoms with Gasteiger partial charge in [0.15, 0.2) is 0 Å². The van der Waals surface area contributed by atoms with E-state index in [0.29, 0.717) is 37.6 Å². The van der Waals surface area contributed by atoms with Crippen LogP contribution in [0.1, 0.15) is 46.0 Å². The molecule has 0 aliphatic carbocycles. The first-order valence-electron chi connectivity index (χ1n) is 7.73. The highest BCUT2D eigenvalue weighted by Crippen LogP contribution is 2.39. The molecule has 0 saturated carbocycles. The summed E-state index contributed by atoms with van der Waals surface area (Å²) < 4.78 is 5.46. The van der Waals surface area contributed by atoms with Crippen LogP contribution < -0.4 is 0 Å². The SMILES string of the molecule is CC(C)OCC(O)CN1C2CCC1CC(CC(=O)O)C2. The van der Waals surface area contributed by atoms with Gasteiger partial charge in [0.05, 0.1) is 18.8 Å². The quantitative estimate of drug-likeness (QED) is 0.741. The van der Waals surface area contributed by atoms with Crippen LogP contribution in [-0.4, -0.2) is 58.5 Å². The Kier molecular flexibility index (Phi) is 5.41. The van der Waals surface area contributed by atoms with Gasteiger partial charge in [0, 0.05) is 25.0 Å². The fourth-order valence-electron chi connectivity index (χ4n) is 3.70. The Labute approximate surface area is 120 Å². The van der Waals surface area contributed by atoms with E-state index in [1.165, 1.54) is 0 Å². The summed E-state index contributed by atoms with van der Waals surface area (Å²) in [6.07, 6.45) is 4.18. The Bertz CT molecular complexity index is 320. The molecule has 0 radical (unpaired) electrons. The van der Waals surface area contributed by atoms with Gasteiger partial charge in [0.25, 0.3) is 0 Å². The van der Waals surface area contributed by atoms with Gasteiger partial charge in [-0.05, 0) is 45.4 Å². The molecule has 0 spiro atoms. The van der Waals surface area contributed by atoms with Crippen molar-refractivity contribution in [3.8, 4) is 0 Å². The second-order valence-electron chi connectivity index (χ2n) is 6.55. The number of ether oxygens (including phenoxy) is 1. The van der Waals surface area contributed by atoms with E-state index in [0.717, 1.165) is 25.7 Å². The van der Waals surface area contributed by atoms with Gasteiger partial charge in [-0.2, -0.15) is 0 Å². The third-order valence-electron chi connectivity index (χ3n) is 4.49. The zero-order valence-electron chi connectivity index (χ0n) is 12.5. The zero-order valence-corrected chi connectivity index (χ0v) is 12.5. The summed E-state index contributed by atoms with van der Waals surface area (Å²) in [5.41, 5.74) is 0. The van der Waals surface area contributed by atoms with Crippen molar-refractivity contribution in [1.29, 1.82) is 0 Å². The van der Waals surface area contributed by atoms with Crippen molar-refractivity contribution in [3.63, 3.8) is 0 Å². The van der Waals surface area contributed by atoms with Gasteiger partial charge in [-0.25, -0.2) is 0 Å². The third-order valence-corrected chi connectivity index (χ3v) is 4.49. The van der Waals surface area contributed by atoms with Gasteiger partial charge in [0.1, 0.15) is 0 Å². The molecule has 2 aliphatic heterocycles. The highest BCUT2D eigenvalue weighted by Gasteiger charge is 2.41. The topological polar surface area (TPSA) is 70.0 Å². The first-order chi connectivity index (χ1) is 9.45. The second kappa shape index (κ2) is 6.87. The van der Waals surface area contributed by atoms with E-state index in [9.17, 15) is 9.90 Å². The van der Waals surface area contributed by atoms with E-state index >= 15 is 0 Å². The van der Waals surface area contributed by atoms with Crippen molar-refractivity contribution >= 4 is 5.97 Å². The number of aliphatic hydroxyl groups is 1. The van der Waals surface area contributed by atoms with Crippen molar-refractivity contribution in [2.24, 2.45) is 5.92 Å². The molecule has 2 heterocycles. The number of hydrogen-bond acceptors (Lipinski definition) is 4. The summed E-state index contributed by atoms with van der Waals surface area (Å²) >= 11 is 0. The van der Waals surface area contributed by atoms with E-state index in [1.54, 1.807) is 0 Å². The zero-order chi connectivity index (χ0) is 14.7. The highest BCUT2D eigenvalue weighted by molar-refractivity contribution is 5.67. The third kappa shape index (κ3) is 4.17. The van der Waals surface area contributed by atoms with Crippen molar-refractivity contribution < 1.29 is 19.7 Å². The van der Waals surface area contributed by atoms with Crippen LogP contribution in [0.4, 0.5) is 0 Å². The summed E-state index contributed by atoms with van der Waals surface area (Å²) in [7, 11) is 0. The van der Waals surface area contributed by atoms with E-state index in [-0.39, 0.29) is 6.10 Å². The monoisotopic (exact) mass is 285 g/mol. The first kappa shape index (κ1) is 15.7. The smallest absolute Gasteiger partial charge is 0.303 e. The lowest BCUT2D eigenvalue weighted by molar-refractivity contribution is -0.138. The van der Waals surface area contributed by atoms with Crippen LogP contribution in [0.5, 0.6) is 0 Å². The molecule has 5 nitrogen and oxygen atoms in total. The van der Waals surface area contributed by atoms with Gasteiger partial charge in [-0.1, -0.05) is 0 Å². The largest absolute Gasteiger partial charge is 0.481 e. The molecule has 0 aromatic heterocycles. The molecule has 2 aliphatic rings. The fraction of sp³-hybridized carbons (Fsp3) is 0.933. The number of carboxylic acids is 1. The van der Waals surface area contributed by atoms with Gasteiger partial charge < -0.3 is 14.9 Å². The van der Waals surface area contributed by atoms with Crippen LogP contribution in [0.15, 0.2) is 0 Å². The van der Waals surface area contributed by atoms with Crippen LogP contribution in [0.2, 0.25) is 0 Å². The predicted octanol–water partition coefficient (Wildman–Crippen LogP) is 1.49. The summed E-state index contributed by atoms with van der Waals surface area (Å²) in [5.74, 6) is -0.376. The van der Waals surface area contributed by atoms with Crippen molar-refractivity contribution in [1.82, 2.24) is 4.90 Å². The lowest BCUT2D eigenvalue weighted by atomic mass is 9.88. The maximum Gasteiger partial charge on any atom is 0.303 e. The van der Waals surface area contributed by atoms with Crippen LogP contribution in [0, 0.1) is 5.92 Å². The molecule has 116 valence electrons. The maximum absolute atomic E-state index is 10.8. The molecule has 2 bridgehead atoms. The minimum Gasteiger partial charge on any atom is -0.481 e. The first-order valence-corrected chi connectivity index (χ1v) is 7.73. The molecule has 0 aromatic carbocycles. The maximum atomic E-state index is 10.8. The number of nitrogens with zero attached hydrogens (tertiary/aromatic N) is 1. The van der Waals surface area contributed by atoms with E-state index in [1.807, 2.05) is 13.8 Å². The Morgan fingerprint density at radius 3 is 2.40 bits per heavy atom. The number of aliphatic carboxylic acids is 1.